The van der Waals surface area contributed by atoms with Gasteiger partial charge in [-0.2, -0.15) is 26.3 Å². The second-order valence-corrected chi connectivity index (χ2v) is 27.1. The van der Waals surface area contributed by atoms with Crippen LogP contribution >= 0.6 is 0 Å². The number of aliphatic imine (C=N–C) groups is 2. The Morgan fingerprint density at radius 3 is 1.01 bits per heavy atom. The fourth-order valence-corrected chi connectivity index (χ4v) is 12.8. The molecule has 4 heterocycles. The first-order valence-corrected chi connectivity index (χ1v) is 35.3. The minimum absolute atomic E-state index is 0.00701. The highest BCUT2D eigenvalue weighted by molar-refractivity contribution is 5.85. The summed E-state index contributed by atoms with van der Waals surface area (Å²) < 4.78 is 172. The van der Waals surface area contributed by atoms with Crippen LogP contribution in [0.2, 0.25) is 0 Å². The van der Waals surface area contributed by atoms with Crippen molar-refractivity contribution in [2.45, 2.75) is 182 Å². The van der Waals surface area contributed by atoms with Crippen LogP contribution < -0.4 is 0 Å². The monoisotopic (exact) mass is 1450 g/mol. The van der Waals surface area contributed by atoms with E-state index in [-0.39, 0.29) is 80.1 Å². The van der Waals surface area contributed by atoms with Gasteiger partial charge in [0, 0.05) is 31.6 Å². The SMILES string of the molecule is CC(=O)OCC1O[C@@H](O[C@@H]2C(COCc3ccccc3)OC(OC(=Nc3ccccc3)C(F)(F)F)C(C)[C@H]2C)C(OC(C)=O)[C@@H](C)[C@H]1C.CC1C(OC(=Nc2ccccc2)C(F)(F)F)OC(COCc2ccccc2)[C@@H](O[C@@H]2OC(COCc3ccccc3)[C@H](C)[C@H](C)C2OCc2ccccc2)[C@@H]1C. The van der Waals surface area contributed by atoms with E-state index in [1.54, 1.807) is 50.2 Å². The Morgan fingerprint density at radius 2 is 0.654 bits per heavy atom. The summed E-state index contributed by atoms with van der Waals surface area (Å²) in [5, 5.41) is 0. The first-order chi connectivity index (χ1) is 49.8. The molecular weight excluding hydrogens is 1360 g/mol. The van der Waals surface area contributed by atoms with Gasteiger partial charge >= 0.3 is 24.3 Å². The molecule has 4 aliphatic rings. The molecule has 0 bridgehead atoms. The lowest BCUT2D eigenvalue weighted by Crippen LogP contribution is -2.59. The Hall–Kier alpha value is -7.62. The summed E-state index contributed by atoms with van der Waals surface area (Å²) >= 11 is 0. The average Bonchev–Trinajstić information content (AvgIpc) is 0.784. The molecule has 6 aromatic rings. The molecule has 564 valence electrons. The van der Waals surface area contributed by atoms with Gasteiger partial charge in [-0.05, 0) is 76.1 Å². The number of carbonyl (C=O) groups excluding carboxylic acids is 2. The van der Waals surface area contributed by atoms with Gasteiger partial charge in [0.25, 0.3) is 11.8 Å². The predicted octanol–water partition coefficient (Wildman–Crippen LogP) is 16.1. The van der Waals surface area contributed by atoms with Crippen LogP contribution in [0.3, 0.4) is 0 Å². The molecule has 6 aromatic carbocycles. The normalized spacial score (nSPS) is 29.7. The Kier molecular flexibility index (Phi) is 29.9. The van der Waals surface area contributed by atoms with Gasteiger partial charge in [-0.15, -0.1) is 0 Å². The van der Waals surface area contributed by atoms with Gasteiger partial charge in [-0.25, -0.2) is 9.98 Å². The van der Waals surface area contributed by atoms with Gasteiger partial charge in [0.2, 0.25) is 12.6 Å². The fourth-order valence-electron chi connectivity index (χ4n) is 12.8. The highest BCUT2D eigenvalue weighted by Crippen LogP contribution is 2.43. The molecule has 4 saturated heterocycles. The Labute approximate surface area is 604 Å². The van der Waals surface area contributed by atoms with Crippen molar-refractivity contribution in [2.24, 2.45) is 57.3 Å². The molecule has 10 rings (SSSR count). The molecule has 10 unspecified atom stereocenters. The summed E-state index contributed by atoms with van der Waals surface area (Å²) in [6.45, 7) is 19.3. The standard InChI is InChI=1S/C45H52F3NO7.C35H44F3NO9/c1-30-31(2)41(52-27-36-21-13-7-14-22-36)43(53-38(30)28-50-25-34-17-9-5-10-18-34)55-40-32(3)33(4)42(54-39(40)29-51-26-35-19-11-6-12-20-35)56-44(45(46,47)48)49-37-23-15-8-16-24-37;1-20-21(2)31(44-25(6)41)33(45-28(20)19-43-24(5)40)47-30-22(3)23(4)32(46-29(30)18-42-17-26-13-9-7-10-14-26)48-34(35(36,37)38)39-27-15-11-8-12-16-27/h5-24,30-33,38-43H,25-29H2,1-4H3;7-16,20-23,28-33H,17-19H2,1-6H3/t30-,31+,32-,33?,38?,39?,40+,41?,42?,43+;20-,21+,22-,23?,28?,29?,30+,31?,32?,33+/m11/s1. The van der Waals surface area contributed by atoms with Crippen LogP contribution in [0.1, 0.15) is 91.5 Å². The number of nitrogens with zero attached hydrogens (tertiary/aromatic N) is 2. The largest absolute Gasteiger partial charge is 0.468 e. The van der Waals surface area contributed by atoms with Crippen molar-refractivity contribution in [3.63, 3.8) is 0 Å². The number of esters is 2. The number of ether oxygens (including phenoxy) is 14. The second kappa shape index (κ2) is 38.6. The number of para-hydroxylation sites is 2. The zero-order chi connectivity index (χ0) is 74.5. The third-order valence-corrected chi connectivity index (χ3v) is 19.6. The Morgan fingerprint density at radius 1 is 0.346 bits per heavy atom. The van der Waals surface area contributed by atoms with Crippen LogP contribution in [-0.2, 0) is 102 Å². The number of rotatable bonds is 26. The van der Waals surface area contributed by atoms with Crippen molar-refractivity contribution in [1.82, 2.24) is 0 Å². The van der Waals surface area contributed by atoms with Crippen molar-refractivity contribution in [3.05, 3.63) is 204 Å². The number of alkyl halides is 6. The van der Waals surface area contributed by atoms with E-state index in [9.17, 15) is 35.9 Å². The van der Waals surface area contributed by atoms with E-state index in [1.165, 1.54) is 38.1 Å². The van der Waals surface area contributed by atoms with Crippen LogP contribution in [0.4, 0.5) is 37.7 Å². The zero-order valence-electron chi connectivity index (χ0n) is 60.2. The molecule has 24 heteroatoms. The maximum Gasteiger partial charge on any atom is 0.468 e. The quantitative estimate of drug-likeness (QED) is 0.0216. The van der Waals surface area contributed by atoms with E-state index in [2.05, 4.69) is 23.8 Å². The van der Waals surface area contributed by atoms with Crippen LogP contribution in [-0.4, -0.2) is 137 Å². The molecule has 0 saturated carbocycles. The van der Waals surface area contributed by atoms with Crippen LogP contribution in [0.5, 0.6) is 0 Å². The van der Waals surface area contributed by atoms with E-state index in [0.717, 1.165) is 22.3 Å². The van der Waals surface area contributed by atoms with Crippen LogP contribution in [0.15, 0.2) is 192 Å². The molecule has 0 spiro atoms. The molecule has 0 radical (unpaired) electrons. The molecule has 104 heavy (non-hydrogen) atoms. The molecule has 0 amide bonds. The van der Waals surface area contributed by atoms with Crippen molar-refractivity contribution in [3.8, 4) is 0 Å². The molecule has 0 aliphatic carbocycles. The molecular formula is C80H96F6N2O16. The molecule has 20 atom stereocenters. The Bertz CT molecular complexity index is 3590. The van der Waals surface area contributed by atoms with Gasteiger partial charge in [0.15, 0.2) is 18.7 Å². The summed E-state index contributed by atoms with van der Waals surface area (Å²) in [5.41, 5.74) is 4.07. The number of carbonyl (C=O) groups is 2. The highest BCUT2D eigenvalue weighted by Gasteiger charge is 2.54. The van der Waals surface area contributed by atoms with E-state index in [1.807, 2.05) is 149 Å². The van der Waals surface area contributed by atoms with Gasteiger partial charge in [-0.1, -0.05) is 213 Å². The van der Waals surface area contributed by atoms with Gasteiger partial charge < -0.3 is 66.3 Å². The van der Waals surface area contributed by atoms with Gasteiger partial charge in [0.1, 0.15) is 24.9 Å². The third kappa shape index (κ3) is 23.2. The molecule has 0 aromatic heterocycles. The third-order valence-electron chi connectivity index (χ3n) is 19.6. The lowest BCUT2D eigenvalue weighted by Gasteiger charge is -2.49. The van der Waals surface area contributed by atoms with Crippen molar-refractivity contribution in [2.75, 3.05) is 26.4 Å². The van der Waals surface area contributed by atoms with Gasteiger partial charge in [0.05, 0.1) is 82.0 Å². The first-order valence-electron chi connectivity index (χ1n) is 35.3. The summed E-state index contributed by atoms with van der Waals surface area (Å²) in [6.07, 6.45) is -19.8. The van der Waals surface area contributed by atoms with E-state index >= 15 is 0 Å². The summed E-state index contributed by atoms with van der Waals surface area (Å²) in [5.74, 6) is -6.26. The maximum absolute atomic E-state index is 14.4. The molecule has 4 fully saturated rings. The zero-order valence-corrected chi connectivity index (χ0v) is 60.2. The van der Waals surface area contributed by atoms with Crippen molar-refractivity contribution < 1.29 is 102 Å². The summed E-state index contributed by atoms with van der Waals surface area (Å²) in [7, 11) is 0. The lowest BCUT2D eigenvalue weighted by atomic mass is 9.82. The minimum Gasteiger partial charge on any atom is -0.463 e. The van der Waals surface area contributed by atoms with Crippen LogP contribution in [0, 0.1) is 47.3 Å². The number of hydrogen-bond acceptors (Lipinski definition) is 18. The number of halogens is 6. The summed E-state index contributed by atoms with van der Waals surface area (Å²) in [6, 6.07) is 54.4. The topological polar surface area (TPSA) is 188 Å². The molecule has 0 N–H and O–H groups in total. The fraction of sp³-hybridized carbons (Fsp3) is 0.500. The average molecular weight is 1460 g/mol. The molecule has 18 nitrogen and oxygen atoms in total. The smallest absolute Gasteiger partial charge is 0.463 e. The maximum atomic E-state index is 14.4. The van der Waals surface area contributed by atoms with Crippen molar-refractivity contribution >= 4 is 35.1 Å². The molecule has 4 aliphatic heterocycles. The Balaban J connectivity index is 0.000000244. The van der Waals surface area contributed by atoms with Gasteiger partial charge in [-0.3, -0.25) is 9.59 Å². The lowest BCUT2D eigenvalue weighted by molar-refractivity contribution is -0.338. The van der Waals surface area contributed by atoms with E-state index < -0.39 is 122 Å². The van der Waals surface area contributed by atoms with E-state index in [4.69, 9.17) is 66.3 Å². The number of hydrogen-bond donors (Lipinski definition) is 0. The van der Waals surface area contributed by atoms with E-state index in [0.29, 0.717) is 19.8 Å². The van der Waals surface area contributed by atoms with Crippen LogP contribution in [0.25, 0.3) is 0 Å². The first kappa shape index (κ1) is 80.5. The minimum atomic E-state index is -4.90. The number of benzene rings is 6. The van der Waals surface area contributed by atoms with Crippen molar-refractivity contribution in [1.29, 1.82) is 0 Å². The predicted molar refractivity (Wildman–Crippen MR) is 375 cm³/mol. The summed E-state index contributed by atoms with van der Waals surface area (Å²) in [4.78, 5) is 31.3. The highest BCUT2D eigenvalue weighted by atomic mass is 19.4. The second-order valence-electron chi connectivity index (χ2n) is 27.1.